The van der Waals surface area contributed by atoms with E-state index in [2.05, 4.69) is 17.9 Å². The van der Waals surface area contributed by atoms with E-state index in [0.717, 1.165) is 25.2 Å². The van der Waals surface area contributed by atoms with E-state index in [9.17, 15) is 0 Å². The van der Waals surface area contributed by atoms with Gasteiger partial charge in [0, 0.05) is 18.1 Å². The van der Waals surface area contributed by atoms with Crippen LogP contribution in [0.4, 0.5) is 5.69 Å². The lowest BCUT2D eigenvalue weighted by Crippen LogP contribution is -2.42. The van der Waals surface area contributed by atoms with Crippen molar-refractivity contribution in [2.75, 3.05) is 24.6 Å². The normalized spacial score (nSPS) is 20.1. The third-order valence-corrected chi connectivity index (χ3v) is 3.25. The molecule has 17 heavy (non-hydrogen) atoms. The summed E-state index contributed by atoms with van der Waals surface area (Å²) < 4.78 is 5.63. The van der Waals surface area contributed by atoms with Crippen LogP contribution < -0.4 is 4.90 Å². The lowest BCUT2D eigenvalue weighted by molar-refractivity contribution is 0.0384. The van der Waals surface area contributed by atoms with Gasteiger partial charge in [0.25, 0.3) is 0 Å². The topological polar surface area (TPSA) is 36.3 Å². The summed E-state index contributed by atoms with van der Waals surface area (Å²) in [5.41, 5.74) is 1.59. The molecule has 0 aliphatic carbocycles. The number of nitriles is 1. The van der Waals surface area contributed by atoms with Crippen molar-refractivity contribution in [3.05, 3.63) is 28.8 Å². The van der Waals surface area contributed by atoms with Gasteiger partial charge in [-0.25, -0.2) is 0 Å². The molecule has 4 heteroatoms. The molecule has 1 aromatic carbocycles. The second-order valence-electron chi connectivity index (χ2n) is 4.12. The van der Waals surface area contributed by atoms with Crippen molar-refractivity contribution in [1.82, 2.24) is 0 Å². The zero-order valence-corrected chi connectivity index (χ0v) is 10.6. The molecule has 0 radical (unpaired) electrons. The molecule has 2 rings (SSSR count). The second kappa shape index (κ2) is 5.39. The van der Waals surface area contributed by atoms with Crippen LogP contribution in [0.3, 0.4) is 0 Å². The van der Waals surface area contributed by atoms with Gasteiger partial charge in [-0.15, -0.1) is 0 Å². The van der Waals surface area contributed by atoms with Gasteiger partial charge in [-0.1, -0.05) is 18.5 Å². The van der Waals surface area contributed by atoms with Crippen LogP contribution in [-0.2, 0) is 4.74 Å². The molecule has 1 aliphatic rings. The summed E-state index contributed by atoms with van der Waals surface area (Å²) in [4.78, 5) is 2.20. The fraction of sp³-hybridized carbons (Fsp3) is 0.462. The molecule has 3 nitrogen and oxygen atoms in total. The first kappa shape index (κ1) is 12.2. The van der Waals surface area contributed by atoms with Gasteiger partial charge in [0.15, 0.2) is 0 Å². The predicted octanol–water partition coefficient (Wildman–Crippen LogP) is 2.83. The molecule has 1 atom stereocenters. The summed E-state index contributed by atoms with van der Waals surface area (Å²) in [6.07, 6.45) is 1.25. The molecule has 1 unspecified atom stereocenters. The summed E-state index contributed by atoms with van der Waals surface area (Å²) in [6.45, 7) is 4.49. The highest BCUT2D eigenvalue weighted by Crippen LogP contribution is 2.25. The number of halogens is 1. The molecule has 1 fully saturated rings. The number of rotatable bonds is 2. The zero-order valence-electron chi connectivity index (χ0n) is 9.82. The fourth-order valence-corrected chi connectivity index (χ4v) is 2.23. The predicted molar refractivity (Wildman–Crippen MR) is 68.4 cm³/mol. The Kier molecular flexibility index (Phi) is 3.88. The van der Waals surface area contributed by atoms with Gasteiger partial charge in [-0.2, -0.15) is 5.26 Å². The van der Waals surface area contributed by atoms with E-state index in [-0.39, 0.29) is 6.10 Å². The molecule has 1 aromatic rings. The third kappa shape index (κ3) is 2.71. The van der Waals surface area contributed by atoms with Crippen LogP contribution in [0.25, 0.3) is 0 Å². The van der Waals surface area contributed by atoms with Crippen LogP contribution in [0.5, 0.6) is 0 Å². The Morgan fingerprint density at radius 1 is 1.59 bits per heavy atom. The number of ether oxygens (including phenoxy) is 1. The van der Waals surface area contributed by atoms with Crippen LogP contribution in [0.1, 0.15) is 18.9 Å². The molecule has 0 N–H and O–H groups in total. The van der Waals surface area contributed by atoms with Gasteiger partial charge in [-0.05, 0) is 24.6 Å². The smallest absolute Gasteiger partial charge is 0.101 e. The minimum atomic E-state index is 0.256. The number of nitrogens with zero attached hydrogens (tertiary/aromatic N) is 2. The monoisotopic (exact) mass is 250 g/mol. The van der Waals surface area contributed by atoms with Crippen LogP contribution >= 0.6 is 11.6 Å². The average molecular weight is 251 g/mol. The van der Waals surface area contributed by atoms with Gasteiger partial charge in [0.05, 0.1) is 24.0 Å². The highest BCUT2D eigenvalue weighted by Gasteiger charge is 2.21. The first-order chi connectivity index (χ1) is 8.24. The van der Waals surface area contributed by atoms with Gasteiger partial charge in [-0.3, -0.25) is 0 Å². The van der Waals surface area contributed by atoms with Crippen molar-refractivity contribution in [3.8, 4) is 6.07 Å². The maximum atomic E-state index is 9.13. The van der Waals surface area contributed by atoms with Crippen LogP contribution in [0.15, 0.2) is 18.2 Å². The van der Waals surface area contributed by atoms with E-state index < -0.39 is 0 Å². The maximum absolute atomic E-state index is 9.13. The molecule has 0 aromatic heterocycles. The Morgan fingerprint density at radius 2 is 2.41 bits per heavy atom. The van der Waals surface area contributed by atoms with Gasteiger partial charge in [0.1, 0.15) is 6.07 Å². The summed E-state index contributed by atoms with van der Waals surface area (Å²) in [5, 5.41) is 9.73. The summed E-state index contributed by atoms with van der Waals surface area (Å²) in [6, 6.07) is 7.66. The molecule has 1 heterocycles. The zero-order chi connectivity index (χ0) is 12.3. The number of hydrogen-bond acceptors (Lipinski definition) is 3. The van der Waals surface area contributed by atoms with Crippen LogP contribution in [0.2, 0.25) is 5.02 Å². The summed E-state index contributed by atoms with van der Waals surface area (Å²) >= 11 is 5.90. The van der Waals surface area contributed by atoms with E-state index in [1.165, 1.54) is 0 Å². The Labute approximate surface area is 107 Å². The van der Waals surface area contributed by atoms with E-state index in [1.807, 2.05) is 12.1 Å². The number of benzene rings is 1. The minimum Gasteiger partial charge on any atom is -0.375 e. The molecule has 0 bridgehead atoms. The van der Waals surface area contributed by atoms with Crippen LogP contribution in [0, 0.1) is 11.3 Å². The minimum absolute atomic E-state index is 0.256. The maximum Gasteiger partial charge on any atom is 0.101 e. The lowest BCUT2D eigenvalue weighted by atomic mass is 10.1. The highest BCUT2D eigenvalue weighted by molar-refractivity contribution is 6.30. The largest absolute Gasteiger partial charge is 0.375 e. The first-order valence-electron chi connectivity index (χ1n) is 5.80. The summed E-state index contributed by atoms with van der Waals surface area (Å²) in [7, 11) is 0. The second-order valence-corrected chi connectivity index (χ2v) is 4.56. The molecule has 0 amide bonds. The Bertz CT molecular complexity index is 442. The van der Waals surface area contributed by atoms with Gasteiger partial charge >= 0.3 is 0 Å². The van der Waals surface area contributed by atoms with Gasteiger partial charge in [0.2, 0.25) is 0 Å². The molecular weight excluding hydrogens is 236 g/mol. The van der Waals surface area contributed by atoms with E-state index in [4.69, 9.17) is 21.6 Å². The Morgan fingerprint density at radius 3 is 3.12 bits per heavy atom. The van der Waals surface area contributed by atoms with Crippen molar-refractivity contribution in [1.29, 1.82) is 5.26 Å². The quantitative estimate of drug-likeness (QED) is 0.810. The fourth-order valence-electron chi connectivity index (χ4n) is 2.06. The van der Waals surface area contributed by atoms with Crippen molar-refractivity contribution in [2.45, 2.75) is 19.4 Å². The number of anilines is 1. The molecule has 90 valence electrons. The van der Waals surface area contributed by atoms with Crippen molar-refractivity contribution >= 4 is 17.3 Å². The Balaban J connectivity index is 2.24. The standard InChI is InChI=1S/C13H15ClN2O/c1-2-12-9-16(5-6-17-12)13-4-3-11(14)7-10(13)8-15/h3-4,7,12H,2,5-6,9H2,1H3. The third-order valence-electron chi connectivity index (χ3n) is 3.01. The molecule has 0 spiro atoms. The van der Waals surface area contributed by atoms with Crippen LogP contribution in [-0.4, -0.2) is 25.8 Å². The van der Waals surface area contributed by atoms with Crippen molar-refractivity contribution in [2.24, 2.45) is 0 Å². The van der Waals surface area contributed by atoms with Gasteiger partial charge < -0.3 is 9.64 Å². The lowest BCUT2D eigenvalue weighted by Gasteiger charge is -2.34. The van der Waals surface area contributed by atoms with E-state index in [1.54, 1.807) is 6.07 Å². The molecule has 0 saturated carbocycles. The molecule has 1 aliphatic heterocycles. The molecule has 1 saturated heterocycles. The van der Waals surface area contributed by atoms with E-state index >= 15 is 0 Å². The number of hydrogen-bond donors (Lipinski definition) is 0. The first-order valence-corrected chi connectivity index (χ1v) is 6.18. The molecular formula is C13H15ClN2O. The van der Waals surface area contributed by atoms with E-state index in [0.29, 0.717) is 17.2 Å². The average Bonchev–Trinajstić information content (AvgIpc) is 2.38. The van der Waals surface area contributed by atoms with Crippen molar-refractivity contribution < 1.29 is 4.74 Å². The number of morpholine rings is 1. The Hall–Kier alpha value is -1.24. The SMILES string of the molecule is CCC1CN(c2ccc(Cl)cc2C#N)CCO1. The highest BCUT2D eigenvalue weighted by atomic mass is 35.5. The van der Waals surface area contributed by atoms with Crippen molar-refractivity contribution in [3.63, 3.8) is 0 Å². The summed E-state index contributed by atoms with van der Waals surface area (Å²) in [5.74, 6) is 0.